The van der Waals surface area contributed by atoms with Crippen LogP contribution in [0, 0.1) is 0 Å². The number of nitrogens with two attached hydrogens (primary N) is 1. The van der Waals surface area contributed by atoms with Gasteiger partial charge in [0.15, 0.2) is 11.5 Å². The molecule has 4 heteroatoms. The van der Waals surface area contributed by atoms with Crippen LogP contribution in [0.3, 0.4) is 0 Å². The number of phenols is 2. The van der Waals surface area contributed by atoms with Crippen LogP contribution in [0.4, 0.5) is 0 Å². The van der Waals surface area contributed by atoms with Crippen LogP contribution in [-0.4, -0.2) is 16.8 Å². The van der Waals surface area contributed by atoms with E-state index < -0.39 is 0 Å². The molecule has 0 amide bonds. The van der Waals surface area contributed by atoms with Crippen molar-refractivity contribution in [1.82, 2.24) is 5.43 Å². The molecule has 0 spiro atoms. The molecule has 1 rings (SSSR count). The maximum absolute atomic E-state index is 9.10. The van der Waals surface area contributed by atoms with Crippen molar-refractivity contribution in [2.75, 3.05) is 6.54 Å². The highest BCUT2D eigenvalue weighted by atomic mass is 16.3. The van der Waals surface area contributed by atoms with Crippen LogP contribution < -0.4 is 11.3 Å². The van der Waals surface area contributed by atoms with E-state index in [2.05, 4.69) is 5.43 Å². The van der Waals surface area contributed by atoms with Crippen molar-refractivity contribution in [3.8, 4) is 11.5 Å². The fraction of sp³-hybridized carbons (Fsp3) is 0.250. The first-order valence-electron chi connectivity index (χ1n) is 3.68. The van der Waals surface area contributed by atoms with Crippen molar-refractivity contribution in [3.05, 3.63) is 23.8 Å². The molecule has 0 saturated carbocycles. The first kappa shape index (κ1) is 8.83. The normalized spacial score (nSPS) is 10.1. The number of phenolic OH excluding ortho intramolecular Hbond substituents is 2. The number of hydrogen-bond donors (Lipinski definition) is 4. The van der Waals surface area contributed by atoms with E-state index in [4.69, 9.17) is 16.1 Å². The molecule has 0 radical (unpaired) electrons. The van der Waals surface area contributed by atoms with Crippen LogP contribution in [0.5, 0.6) is 11.5 Å². The zero-order valence-electron chi connectivity index (χ0n) is 6.62. The summed E-state index contributed by atoms with van der Waals surface area (Å²) in [7, 11) is 0. The van der Waals surface area contributed by atoms with Crippen molar-refractivity contribution in [2.24, 2.45) is 5.84 Å². The molecule has 0 saturated heterocycles. The average molecular weight is 168 g/mol. The minimum atomic E-state index is -0.0977. The van der Waals surface area contributed by atoms with E-state index in [1.54, 1.807) is 6.07 Å². The van der Waals surface area contributed by atoms with Crippen LogP contribution >= 0.6 is 0 Å². The number of rotatable bonds is 3. The highest BCUT2D eigenvalue weighted by molar-refractivity contribution is 5.40. The summed E-state index contributed by atoms with van der Waals surface area (Å²) in [5.74, 6) is 4.89. The summed E-state index contributed by atoms with van der Waals surface area (Å²) in [4.78, 5) is 0. The summed E-state index contributed by atoms with van der Waals surface area (Å²) in [6.07, 6.45) is 0.727. The highest BCUT2D eigenvalue weighted by Gasteiger charge is 1.99. The van der Waals surface area contributed by atoms with Gasteiger partial charge in [0, 0.05) is 6.54 Å². The summed E-state index contributed by atoms with van der Waals surface area (Å²) in [5.41, 5.74) is 3.44. The van der Waals surface area contributed by atoms with Crippen LogP contribution in [-0.2, 0) is 6.42 Å². The third-order valence-corrected chi connectivity index (χ3v) is 1.60. The van der Waals surface area contributed by atoms with Gasteiger partial charge < -0.3 is 10.2 Å². The molecule has 0 aliphatic heterocycles. The Hall–Kier alpha value is -1.26. The third-order valence-electron chi connectivity index (χ3n) is 1.60. The predicted molar refractivity (Wildman–Crippen MR) is 45.7 cm³/mol. The molecule has 66 valence electrons. The van der Waals surface area contributed by atoms with Crippen LogP contribution in [0.15, 0.2) is 18.2 Å². The number of benzene rings is 1. The molecule has 0 fully saturated rings. The number of hydrogen-bond acceptors (Lipinski definition) is 4. The summed E-state index contributed by atoms with van der Waals surface area (Å²) in [6.45, 7) is 0.643. The Morgan fingerprint density at radius 1 is 1.25 bits per heavy atom. The molecule has 12 heavy (non-hydrogen) atoms. The van der Waals surface area contributed by atoms with E-state index in [1.807, 2.05) is 0 Å². The Balaban J connectivity index is 2.69. The molecule has 0 atom stereocenters. The minimum Gasteiger partial charge on any atom is -0.504 e. The largest absolute Gasteiger partial charge is 0.504 e. The number of hydrazine groups is 1. The maximum Gasteiger partial charge on any atom is 0.157 e. The second-order valence-electron chi connectivity index (χ2n) is 2.53. The molecule has 1 aromatic carbocycles. The van der Waals surface area contributed by atoms with Crippen LogP contribution in [0.2, 0.25) is 0 Å². The van der Waals surface area contributed by atoms with E-state index in [0.717, 1.165) is 12.0 Å². The second-order valence-corrected chi connectivity index (χ2v) is 2.53. The van der Waals surface area contributed by atoms with Gasteiger partial charge in [-0.15, -0.1) is 0 Å². The van der Waals surface area contributed by atoms with Gasteiger partial charge in [0.2, 0.25) is 0 Å². The van der Waals surface area contributed by atoms with Gasteiger partial charge in [-0.2, -0.15) is 0 Å². The quantitative estimate of drug-likeness (QED) is 0.293. The molecule has 5 N–H and O–H groups in total. The van der Waals surface area contributed by atoms with Gasteiger partial charge in [0.05, 0.1) is 0 Å². The van der Waals surface area contributed by atoms with Crippen molar-refractivity contribution in [3.63, 3.8) is 0 Å². The second kappa shape index (κ2) is 3.94. The standard InChI is InChI=1S/C8H12N2O2/c9-10-4-3-6-1-2-7(11)8(12)5-6/h1-2,5,10-12H,3-4,9H2. The van der Waals surface area contributed by atoms with Crippen molar-refractivity contribution >= 4 is 0 Å². The molecule has 0 unspecified atom stereocenters. The third kappa shape index (κ3) is 2.11. The lowest BCUT2D eigenvalue weighted by Crippen LogP contribution is -2.24. The van der Waals surface area contributed by atoms with Gasteiger partial charge >= 0.3 is 0 Å². The Labute approximate surface area is 70.6 Å². The topological polar surface area (TPSA) is 78.5 Å². The van der Waals surface area contributed by atoms with Gasteiger partial charge in [-0.1, -0.05) is 6.07 Å². The fourth-order valence-corrected chi connectivity index (χ4v) is 0.941. The highest BCUT2D eigenvalue weighted by Crippen LogP contribution is 2.24. The first-order valence-corrected chi connectivity index (χ1v) is 3.68. The lowest BCUT2D eigenvalue weighted by atomic mass is 10.1. The van der Waals surface area contributed by atoms with Gasteiger partial charge in [0.25, 0.3) is 0 Å². The van der Waals surface area contributed by atoms with Crippen LogP contribution in [0.25, 0.3) is 0 Å². The Morgan fingerprint density at radius 2 is 2.00 bits per heavy atom. The monoisotopic (exact) mass is 168 g/mol. The van der Waals surface area contributed by atoms with E-state index >= 15 is 0 Å². The van der Waals surface area contributed by atoms with Gasteiger partial charge in [-0.3, -0.25) is 11.3 Å². The molecule has 0 heterocycles. The molecule has 0 aliphatic carbocycles. The molecule has 1 aromatic rings. The van der Waals surface area contributed by atoms with E-state index in [9.17, 15) is 0 Å². The average Bonchev–Trinajstić information content (AvgIpc) is 2.07. The molecule has 0 bridgehead atoms. The van der Waals surface area contributed by atoms with Crippen LogP contribution in [0.1, 0.15) is 5.56 Å². The SMILES string of the molecule is NNCCc1ccc(O)c(O)c1. The number of aromatic hydroxyl groups is 2. The Bertz CT molecular complexity index is 263. The molecule has 0 aliphatic rings. The van der Waals surface area contributed by atoms with E-state index in [0.29, 0.717) is 6.54 Å². The predicted octanol–water partition coefficient (Wildman–Crippen LogP) is 0.104. The van der Waals surface area contributed by atoms with Gasteiger partial charge in [-0.05, 0) is 24.1 Å². The Kier molecular flexibility index (Phi) is 2.90. The van der Waals surface area contributed by atoms with Crippen molar-refractivity contribution in [2.45, 2.75) is 6.42 Å². The summed E-state index contributed by atoms with van der Waals surface area (Å²) in [6, 6.07) is 4.72. The maximum atomic E-state index is 9.10. The van der Waals surface area contributed by atoms with Crippen molar-refractivity contribution in [1.29, 1.82) is 0 Å². The molecule has 0 aromatic heterocycles. The van der Waals surface area contributed by atoms with E-state index in [1.165, 1.54) is 12.1 Å². The van der Waals surface area contributed by atoms with E-state index in [-0.39, 0.29) is 11.5 Å². The van der Waals surface area contributed by atoms with Gasteiger partial charge in [-0.25, -0.2) is 0 Å². The summed E-state index contributed by atoms with van der Waals surface area (Å²) >= 11 is 0. The zero-order chi connectivity index (χ0) is 8.97. The lowest BCUT2D eigenvalue weighted by molar-refractivity contribution is 0.403. The summed E-state index contributed by atoms with van der Waals surface area (Å²) in [5, 5.41) is 18.1. The molecular formula is C8H12N2O2. The lowest BCUT2D eigenvalue weighted by Gasteiger charge is -2.02. The first-order chi connectivity index (χ1) is 5.74. The van der Waals surface area contributed by atoms with Crippen molar-refractivity contribution < 1.29 is 10.2 Å². The van der Waals surface area contributed by atoms with Gasteiger partial charge in [0.1, 0.15) is 0 Å². The fourth-order valence-electron chi connectivity index (χ4n) is 0.941. The minimum absolute atomic E-state index is 0.0930. The zero-order valence-corrected chi connectivity index (χ0v) is 6.62. The smallest absolute Gasteiger partial charge is 0.157 e. The Morgan fingerprint density at radius 3 is 2.58 bits per heavy atom. The molecule has 4 nitrogen and oxygen atoms in total. The molecular weight excluding hydrogens is 156 g/mol. The summed E-state index contributed by atoms with van der Waals surface area (Å²) < 4.78 is 0. The number of nitrogens with one attached hydrogen (secondary N) is 1.